The van der Waals surface area contributed by atoms with Gasteiger partial charge in [-0.25, -0.2) is 4.79 Å². The van der Waals surface area contributed by atoms with Crippen LogP contribution >= 0.6 is 0 Å². The van der Waals surface area contributed by atoms with Gasteiger partial charge in [0, 0.05) is 5.69 Å². The second-order valence-corrected chi connectivity index (χ2v) is 4.87. The number of hydrogen-bond donors (Lipinski definition) is 2. The molecule has 23 heavy (non-hydrogen) atoms. The summed E-state index contributed by atoms with van der Waals surface area (Å²) in [6, 6.07) is 13.1. The highest BCUT2D eigenvalue weighted by molar-refractivity contribution is 5.89. The summed E-state index contributed by atoms with van der Waals surface area (Å²) in [4.78, 5) is 16.8. The lowest BCUT2D eigenvalue weighted by atomic mass is 10.2. The second kappa shape index (κ2) is 6.18. The summed E-state index contributed by atoms with van der Waals surface area (Å²) < 4.78 is 5.33. The molecule has 2 N–H and O–H groups in total. The molecular formula is C16H14N4O3. The second-order valence-electron chi connectivity index (χ2n) is 4.87. The van der Waals surface area contributed by atoms with Crippen LogP contribution in [-0.4, -0.2) is 21.1 Å². The van der Waals surface area contributed by atoms with Crippen molar-refractivity contribution < 1.29 is 14.4 Å². The number of hydrogen-bond acceptors (Lipinski definition) is 4. The monoisotopic (exact) mass is 310 g/mol. The van der Waals surface area contributed by atoms with Crippen molar-refractivity contribution in [3.05, 3.63) is 65.8 Å². The molecule has 1 heterocycles. The fraction of sp³-hybridized carbons (Fsp3) is 0.0625. The number of aryl methyl sites for hydroxylation is 1. The number of benzene rings is 2. The molecule has 7 nitrogen and oxygen atoms in total. The number of phenolic OH excluding ortho intramolecular Hbond substituents is 1. The third-order valence-electron chi connectivity index (χ3n) is 3.04. The summed E-state index contributed by atoms with van der Waals surface area (Å²) >= 11 is 0. The Kier molecular flexibility index (Phi) is 3.92. The number of phenols is 1. The van der Waals surface area contributed by atoms with Crippen molar-refractivity contribution in [2.75, 3.05) is 5.32 Å². The predicted molar refractivity (Wildman–Crippen MR) is 83.3 cm³/mol. The number of aromatic nitrogens is 2. The number of aromatic hydroxyl groups is 1. The summed E-state index contributed by atoms with van der Waals surface area (Å²) in [5.41, 5.74) is 2.42. The van der Waals surface area contributed by atoms with E-state index in [1.54, 1.807) is 24.3 Å². The van der Waals surface area contributed by atoms with Crippen molar-refractivity contribution in [1.29, 1.82) is 0 Å². The molecule has 0 aliphatic heterocycles. The van der Waals surface area contributed by atoms with Crippen molar-refractivity contribution in [3.8, 4) is 11.4 Å². The lowest BCUT2D eigenvalue weighted by Gasteiger charge is -2.00. The van der Waals surface area contributed by atoms with Crippen LogP contribution in [0, 0.1) is 6.92 Å². The highest BCUT2D eigenvalue weighted by Gasteiger charge is 2.03. The molecule has 0 aliphatic carbocycles. The number of carbonyl (C=O) groups excluding carboxylic acids is 1. The molecule has 2 amide bonds. The normalized spacial score (nSPS) is 11.4. The van der Waals surface area contributed by atoms with Gasteiger partial charge in [-0.3, -0.25) is 0 Å². The largest absolute Gasteiger partial charge is 0.508 e. The summed E-state index contributed by atoms with van der Waals surface area (Å²) in [6.07, 6.45) is 1.33. The van der Waals surface area contributed by atoms with Crippen LogP contribution in [0.5, 0.6) is 5.75 Å². The van der Waals surface area contributed by atoms with Gasteiger partial charge in [0.05, 0.1) is 0 Å². The molecule has 116 valence electrons. The van der Waals surface area contributed by atoms with Crippen LogP contribution in [0.15, 0.2) is 64.2 Å². The van der Waals surface area contributed by atoms with Gasteiger partial charge in [0.1, 0.15) is 17.6 Å². The Bertz CT molecular complexity index is 877. The van der Waals surface area contributed by atoms with Crippen LogP contribution in [0.4, 0.5) is 10.5 Å². The highest BCUT2D eigenvalue weighted by atomic mass is 16.5. The lowest BCUT2D eigenvalue weighted by molar-refractivity contribution is 0.253. The fourth-order valence-electron chi connectivity index (χ4n) is 1.87. The average molecular weight is 310 g/mol. The minimum atomic E-state index is -0.553. The van der Waals surface area contributed by atoms with Gasteiger partial charge in [0.25, 0.3) is 5.55 Å². The van der Waals surface area contributed by atoms with Crippen molar-refractivity contribution >= 4 is 11.7 Å². The maximum atomic E-state index is 11.8. The molecule has 0 aliphatic rings. The average Bonchev–Trinajstić information content (AvgIpc) is 2.98. The van der Waals surface area contributed by atoms with E-state index in [1.165, 1.54) is 23.2 Å². The maximum absolute atomic E-state index is 11.8. The molecule has 0 atom stereocenters. The Morgan fingerprint density at radius 1 is 1.17 bits per heavy atom. The van der Waals surface area contributed by atoms with E-state index in [1.807, 2.05) is 19.1 Å². The first kappa shape index (κ1) is 14.6. The van der Waals surface area contributed by atoms with E-state index >= 15 is 0 Å². The molecule has 2 aromatic carbocycles. The van der Waals surface area contributed by atoms with E-state index in [4.69, 9.17) is 4.52 Å². The van der Waals surface area contributed by atoms with Gasteiger partial charge in [-0.2, -0.15) is 4.99 Å². The van der Waals surface area contributed by atoms with E-state index in [9.17, 15) is 9.90 Å². The van der Waals surface area contributed by atoms with Crippen LogP contribution in [0.1, 0.15) is 5.56 Å². The van der Waals surface area contributed by atoms with E-state index < -0.39 is 6.03 Å². The number of rotatable bonds is 2. The van der Waals surface area contributed by atoms with Crippen LogP contribution < -0.4 is 10.9 Å². The Labute approximate surface area is 131 Å². The van der Waals surface area contributed by atoms with Crippen molar-refractivity contribution in [2.24, 2.45) is 4.99 Å². The Balaban J connectivity index is 1.76. The summed E-state index contributed by atoms with van der Waals surface area (Å²) in [5, 5.41) is 15.9. The standard InChI is InChI=1S/C16H14N4O3/c1-11-2-4-12(5-3-11)18-16(22)19-15-10-17-20(23-15)13-6-8-14(21)9-7-13/h2-10,21H,1H3,(H,18,22). The number of nitrogens with one attached hydrogen (secondary N) is 1. The fourth-order valence-corrected chi connectivity index (χ4v) is 1.87. The maximum Gasteiger partial charge on any atom is 0.348 e. The van der Waals surface area contributed by atoms with Gasteiger partial charge in [-0.15, -0.1) is 5.10 Å². The molecule has 7 heteroatoms. The van der Waals surface area contributed by atoms with Crippen molar-refractivity contribution in [1.82, 2.24) is 9.95 Å². The zero-order valence-electron chi connectivity index (χ0n) is 12.3. The molecule has 0 saturated heterocycles. The quantitative estimate of drug-likeness (QED) is 0.761. The predicted octanol–water partition coefficient (Wildman–Crippen LogP) is 2.61. The van der Waals surface area contributed by atoms with E-state index in [0.717, 1.165) is 5.56 Å². The van der Waals surface area contributed by atoms with E-state index in [2.05, 4.69) is 15.4 Å². The molecule has 0 fully saturated rings. The molecule has 3 rings (SSSR count). The SMILES string of the molecule is Cc1ccc(NC(=O)N=c2cnn(-c3ccc(O)cc3)o2)cc1. The first-order chi connectivity index (χ1) is 11.1. The summed E-state index contributed by atoms with van der Waals surface area (Å²) in [6.45, 7) is 1.96. The van der Waals surface area contributed by atoms with Crippen LogP contribution in [-0.2, 0) is 0 Å². The molecule has 0 saturated carbocycles. The number of carbonyl (C=O) groups is 1. The first-order valence-corrected chi connectivity index (χ1v) is 6.87. The summed E-state index contributed by atoms with van der Waals surface area (Å²) in [7, 11) is 0. The van der Waals surface area contributed by atoms with Crippen LogP contribution in [0.3, 0.4) is 0 Å². The Hall–Kier alpha value is -3.35. The van der Waals surface area contributed by atoms with Gasteiger partial charge >= 0.3 is 6.03 Å². The summed E-state index contributed by atoms with van der Waals surface area (Å²) in [5.74, 6) is 0.142. The van der Waals surface area contributed by atoms with Gasteiger partial charge in [-0.05, 0) is 43.3 Å². The van der Waals surface area contributed by atoms with Gasteiger partial charge in [-0.1, -0.05) is 22.6 Å². The zero-order valence-corrected chi connectivity index (χ0v) is 12.3. The number of amides is 2. The smallest absolute Gasteiger partial charge is 0.348 e. The zero-order chi connectivity index (χ0) is 16.2. The molecule has 3 aromatic rings. The minimum Gasteiger partial charge on any atom is -0.508 e. The molecule has 0 bridgehead atoms. The lowest BCUT2D eigenvalue weighted by Crippen LogP contribution is -2.11. The molecular weight excluding hydrogens is 296 g/mol. The van der Waals surface area contributed by atoms with Crippen LogP contribution in [0.25, 0.3) is 5.69 Å². The number of nitrogens with zero attached hydrogens (tertiary/aromatic N) is 3. The van der Waals surface area contributed by atoms with Crippen molar-refractivity contribution in [3.63, 3.8) is 0 Å². The van der Waals surface area contributed by atoms with Gasteiger partial charge < -0.3 is 14.9 Å². The van der Waals surface area contributed by atoms with Crippen LogP contribution in [0.2, 0.25) is 0 Å². The minimum absolute atomic E-state index is 0.0719. The van der Waals surface area contributed by atoms with Crippen molar-refractivity contribution in [2.45, 2.75) is 6.92 Å². The van der Waals surface area contributed by atoms with Gasteiger partial charge in [0.2, 0.25) is 0 Å². The Morgan fingerprint density at radius 2 is 1.87 bits per heavy atom. The first-order valence-electron chi connectivity index (χ1n) is 6.87. The van der Waals surface area contributed by atoms with E-state index in [-0.39, 0.29) is 11.3 Å². The van der Waals surface area contributed by atoms with Gasteiger partial charge in [0.15, 0.2) is 0 Å². The third-order valence-corrected chi connectivity index (χ3v) is 3.04. The molecule has 0 spiro atoms. The Morgan fingerprint density at radius 3 is 2.57 bits per heavy atom. The highest BCUT2D eigenvalue weighted by Crippen LogP contribution is 2.12. The molecule has 0 radical (unpaired) electrons. The topological polar surface area (TPSA) is 92.7 Å². The number of anilines is 1. The van der Waals surface area contributed by atoms with E-state index in [0.29, 0.717) is 11.4 Å². The molecule has 0 unspecified atom stereocenters. The number of urea groups is 1. The third kappa shape index (κ3) is 3.65. The molecule has 1 aromatic heterocycles.